The third kappa shape index (κ3) is 3.98. The molecule has 0 amide bonds. The summed E-state index contributed by atoms with van der Waals surface area (Å²) >= 11 is 0. The zero-order valence-electron chi connectivity index (χ0n) is 22.8. The summed E-state index contributed by atoms with van der Waals surface area (Å²) < 4.78 is 10.6. The molecule has 2 bridgehead atoms. The van der Waals surface area contributed by atoms with Gasteiger partial charge in [0.1, 0.15) is 5.39 Å². The molecule has 0 unspecified atom stereocenters. The number of aryl methyl sites for hydroxylation is 1. The van der Waals surface area contributed by atoms with Gasteiger partial charge in [0.25, 0.3) is 5.56 Å². The summed E-state index contributed by atoms with van der Waals surface area (Å²) in [6.07, 6.45) is 7.19. The van der Waals surface area contributed by atoms with Crippen LogP contribution in [0.5, 0.6) is 0 Å². The highest BCUT2D eigenvalue weighted by atomic mass is 16.4. The first-order valence-corrected chi connectivity index (χ1v) is 13.6. The summed E-state index contributed by atoms with van der Waals surface area (Å²) in [6, 6.07) is 11.9. The summed E-state index contributed by atoms with van der Waals surface area (Å²) in [5, 5.41) is 3.78. The summed E-state index contributed by atoms with van der Waals surface area (Å²) in [6.45, 7) is 7.38. The highest BCUT2D eigenvalue weighted by molar-refractivity contribution is 5.80. The Kier molecular flexibility index (Phi) is 5.57. The number of allylic oxidation sites excluding steroid dienone is 2. The highest BCUT2D eigenvalue weighted by Gasteiger charge is 2.30. The number of rotatable bonds is 2. The van der Waals surface area contributed by atoms with E-state index in [4.69, 9.17) is 9.40 Å². The van der Waals surface area contributed by atoms with Crippen molar-refractivity contribution in [3.05, 3.63) is 86.8 Å². The van der Waals surface area contributed by atoms with Crippen LogP contribution in [-0.2, 0) is 25.0 Å². The van der Waals surface area contributed by atoms with Crippen LogP contribution in [0.3, 0.4) is 0 Å². The van der Waals surface area contributed by atoms with E-state index < -0.39 is 0 Å². The van der Waals surface area contributed by atoms with Crippen LogP contribution in [0.15, 0.2) is 68.8 Å². The fourth-order valence-electron chi connectivity index (χ4n) is 6.27. The van der Waals surface area contributed by atoms with Gasteiger partial charge in [-0.3, -0.25) is 9.36 Å². The summed E-state index contributed by atoms with van der Waals surface area (Å²) in [4.78, 5) is 37.7. The van der Waals surface area contributed by atoms with E-state index in [1.54, 1.807) is 21.5 Å². The molecule has 2 aromatic carbocycles. The smallest absolute Gasteiger partial charge is 0.408 e. The molecule has 5 aromatic rings. The highest BCUT2D eigenvalue weighted by Crippen LogP contribution is 2.34. The molecule has 1 N–H and O–H groups in total. The molecule has 204 valence electrons. The third-order valence-electron chi connectivity index (χ3n) is 7.96. The molecule has 7 rings (SSSR count). The molecule has 10 heteroatoms. The van der Waals surface area contributed by atoms with E-state index in [1.165, 1.54) is 11.1 Å². The number of hydrogen-bond donors (Lipinski definition) is 1. The summed E-state index contributed by atoms with van der Waals surface area (Å²) in [5.74, 6) is 0.0242. The standard InChI is InChI=1S/C30H31N7O3/c1-30(2)18-34(3)17-19-14-20(8-10-23(19)30)32-28-31-16-22-26(33-28)37-21-9-11-25-24(15-21)35(29(39)40-25)12-6-4-5-7-13-36(37)27(22)38/h5,7-11,14-16H,4,6,12-13,17-18H2,1-3H3,(H,31,32,33). The maximum absolute atomic E-state index is 13.5. The van der Waals surface area contributed by atoms with Crippen LogP contribution < -0.4 is 16.6 Å². The lowest BCUT2D eigenvalue weighted by Crippen LogP contribution is -2.39. The average Bonchev–Trinajstić information content (AvgIpc) is 3.36. The lowest BCUT2D eigenvalue weighted by Gasteiger charge is -2.38. The van der Waals surface area contributed by atoms with Crippen LogP contribution in [0.1, 0.15) is 37.8 Å². The van der Waals surface area contributed by atoms with Crippen molar-refractivity contribution in [2.45, 2.75) is 51.7 Å². The van der Waals surface area contributed by atoms with Crippen molar-refractivity contribution in [1.29, 1.82) is 0 Å². The van der Waals surface area contributed by atoms with Gasteiger partial charge in [0, 0.05) is 36.9 Å². The molecule has 0 fully saturated rings. The molecule has 10 nitrogen and oxygen atoms in total. The Morgan fingerprint density at radius 1 is 1.07 bits per heavy atom. The van der Waals surface area contributed by atoms with Gasteiger partial charge in [-0.2, -0.15) is 4.98 Å². The fourth-order valence-corrected chi connectivity index (χ4v) is 6.27. The molecular formula is C30H31N7O3. The van der Waals surface area contributed by atoms with E-state index in [0.717, 1.165) is 31.6 Å². The minimum atomic E-state index is -0.378. The number of benzene rings is 2. The molecule has 0 saturated heterocycles. The minimum absolute atomic E-state index is 0.0747. The molecule has 0 aliphatic carbocycles. The van der Waals surface area contributed by atoms with Crippen LogP contribution in [0.25, 0.3) is 27.8 Å². The largest absolute Gasteiger partial charge is 0.419 e. The van der Waals surface area contributed by atoms with Crippen molar-refractivity contribution in [3.8, 4) is 5.69 Å². The molecule has 0 saturated carbocycles. The lowest BCUT2D eigenvalue weighted by atomic mass is 9.78. The Hall–Kier alpha value is -4.44. The van der Waals surface area contributed by atoms with Gasteiger partial charge < -0.3 is 14.6 Å². The van der Waals surface area contributed by atoms with Gasteiger partial charge in [-0.15, -0.1) is 0 Å². The maximum Gasteiger partial charge on any atom is 0.419 e. The second-order valence-corrected chi connectivity index (χ2v) is 11.5. The first kappa shape index (κ1) is 24.6. The minimum Gasteiger partial charge on any atom is -0.408 e. The zero-order chi connectivity index (χ0) is 27.6. The first-order chi connectivity index (χ1) is 19.3. The fraction of sp³-hybridized carbons (Fsp3) is 0.333. The number of anilines is 2. The summed E-state index contributed by atoms with van der Waals surface area (Å²) in [5.41, 5.74) is 5.85. The number of oxazole rings is 1. The third-order valence-corrected chi connectivity index (χ3v) is 7.96. The number of nitrogens with zero attached hydrogens (tertiary/aromatic N) is 6. The number of fused-ring (bicyclic) bond motifs is 6. The Morgan fingerprint density at radius 3 is 2.83 bits per heavy atom. The SMILES string of the molecule is CN1Cc2cc(Nc3ncc4c(=O)n5n(c4n3)-c3ccc4oc(=O)n(c4c3)CCCC=CC5)ccc2C(C)(C)C1. The van der Waals surface area contributed by atoms with E-state index in [2.05, 4.69) is 54.3 Å². The Balaban J connectivity index is 1.36. The van der Waals surface area contributed by atoms with E-state index >= 15 is 0 Å². The van der Waals surface area contributed by atoms with Gasteiger partial charge in [-0.1, -0.05) is 32.1 Å². The Morgan fingerprint density at radius 2 is 1.95 bits per heavy atom. The number of hydrogen-bond acceptors (Lipinski definition) is 7. The van der Waals surface area contributed by atoms with Crippen molar-refractivity contribution >= 4 is 33.8 Å². The quantitative estimate of drug-likeness (QED) is 0.335. The van der Waals surface area contributed by atoms with Crippen molar-refractivity contribution < 1.29 is 4.42 Å². The number of nitrogens with one attached hydrogen (secondary N) is 1. The van der Waals surface area contributed by atoms with E-state index in [0.29, 0.717) is 46.9 Å². The van der Waals surface area contributed by atoms with Crippen LogP contribution in [0.4, 0.5) is 11.6 Å². The van der Waals surface area contributed by atoms with Gasteiger partial charge in [-0.05, 0) is 61.3 Å². The van der Waals surface area contributed by atoms with Crippen molar-refractivity contribution in [2.24, 2.45) is 0 Å². The maximum atomic E-state index is 13.5. The molecule has 5 heterocycles. The predicted molar refractivity (Wildman–Crippen MR) is 155 cm³/mol. The lowest BCUT2D eigenvalue weighted by molar-refractivity contribution is 0.236. The van der Waals surface area contributed by atoms with Crippen LogP contribution in [0, 0.1) is 0 Å². The van der Waals surface area contributed by atoms with E-state index in [-0.39, 0.29) is 16.7 Å². The normalized spacial score (nSPS) is 17.0. The van der Waals surface area contributed by atoms with Gasteiger partial charge in [0.15, 0.2) is 11.2 Å². The van der Waals surface area contributed by atoms with Crippen LogP contribution in [-0.4, -0.2) is 42.4 Å². The second kappa shape index (κ2) is 9.06. The van der Waals surface area contributed by atoms with Crippen molar-refractivity contribution in [1.82, 2.24) is 28.8 Å². The van der Waals surface area contributed by atoms with Gasteiger partial charge in [0.2, 0.25) is 5.95 Å². The average molecular weight is 538 g/mol. The molecule has 2 aliphatic heterocycles. The second-order valence-electron chi connectivity index (χ2n) is 11.5. The Labute approximate surface area is 230 Å². The monoisotopic (exact) mass is 537 g/mol. The zero-order valence-corrected chi connectivity index (χ0v) is 22.8. The van der Waals surface area contributed by atoms with Crippen molar-refractivity contribution in [2.75, 3.05) is 18.9 Å². The van der Waals surface area contributed by atoms with Crippen LogP contribution >= 0.6 is 0 Å². The molecule has 0 spiro atoms. The van der Waals surface area contributed by atoms with E-state index in [1.807, 2.05) is 29.0 Å². The molecule has 0 radical (unpaired) electrons. The molecule has 0 atom stereocenters. The molecule has 2 aliphatic rings. The predicted octanol–water partition coefficient (Wildman–Crippen LogP) is 4.31. The van der Waals surface area contributed by atoms with E-state index in [9.17, 15) is 9.59 Å². The molecule has 3 aromatic heterocycles. The van der Waals surface area contributed by atoms with Gasteiger partial charge in [0.05, 0.1) is 17.7 Å². The van der Waals surface area contributed by atoms with Gasteiger partial charge >= 0.3 is 5.76 Å². The molecular weight excluding hydrogens is 506 g/mol. The topological polar surface area (TPSA) is 103 Å². The van der Waals surface area contributed by atoms with Crippen LogP contribution in [0.2, 0.25) is 0 Å². The first-order valence-electron chi connectivity index (χ1n) is 13.6. The number of likely N-dealkylation sites (N-methyl/N-ethyl adjacent to an activating group) is 1. The summed E-state index contributed by atoms with van der Waals surface area (Å²) in [7, 11) is 2.14. The molecule has 40 heavy (non-hydrogen) atoms. The van der Waals surface area contributed by atoms with Crippen molar-refractivity contribution in [3.63, 3.8) is 0 Å². The Bertz CT molecular complexity index is 1940. The number of aromatic nitrogens is 5. The van der Waals surface area contributed by atoms with Gasteiger partial charge in [-0.25, -0.2) is 19.1 Å².